The molecule has 0 fully saturated rings. The third-order valence-electron chi connectivity index (χ3n) is 1.88. The van der Waals surface area contributed by atoms with Gasteiger partial charge in [0.15, 0.2) is 0 Å². The smallest absolute Gasteiger partial charge is 0.130 e. The second-order valence-corrected chi connectivity index (χ2v) is 3.85. The van der Waals surface area contributed by atoms with E-state index in [2.05, 4.69) is 4.98 Å². The van der Waals surface area contributed by atoms with Gasteiger partial charge in [0, 0.05) is 23.3 Å². The van der Waals surface area contributed by atoms with Gasteiger partial charge in [-0.3, -0.25) is 4.90 Å². The van der Waals surface area contributed by atoms with Crippen molar-refractivity contribution in [2.45, 2.75) is 6.54 Å². The van der Waals surface area contributed by atoms with E-state index in [1.807, 2.05) is 12.1 Å². The summed E-state index contributed by atoms with van der Waals surface area (Å²) in [6.45, 7) is 0.753. The molecule has 4 nitrogen and oxygen atoms in total. The van der Waals surface area contributed by atoms with Gasteiger partial charge in [-0.2, -0.15) is 10.5 Å². The van der Waals surface area contributed by atoms with E-state index < -0.39 is 0 Å². The number of pyridine rings is 1. The number of halogens is 2. The van der Waals surface area contributed by atoms with Gasteiger partial charge < -0.3 is 0 Å². The van der Waals surface area contributed by atoms with Crippen LogP contribution in [0.3, 0.4) is 0 Å². The number of nitriles is 2. The largest absolute Gasteiger partial charge is 0.273 e. The van der Waals surface area contributed by atoms with Gasteiger partial charge in [0.05, 0.1) is 25.2 Å². The first kappa shape index (κ1) is 12.7. The topological polar surface area (TPSA) is 63.7 Å². The highest BCUT2D eigenvalue weighted by Crippen LogP contribution is 2.19. The molecule has 82 valence electrons. The molecule has 0 radical (unpaired) electrons. The lowest BCUT2D eigenvalue weighted by Gasteiger charge is -2.15. The van der Waals surface area contributed by atoms with Crippen molar-refractivity contribution in [1.82, 2.24) is 9.88 Å². The van der Waals surface area contributed by atoms with E-state index in [9.17, 15) is 0 Å². The summed E-state index contributed by atoms with van der Waals surface area (Å²) in [7, 11) is 0. The van der Waals surface area contributed by atoms with Crippen molar-refractivity contribution in [2.75, 3.05) is 13.1 Å². The van der Waals surface area contributed by atoms with Crippen LogP contribution in [0.5, 0.6) is 0 Å². The van der Waals surface area contributed by atoms with Crippen molar-refractivity contribution in [3.8, 4) is 12.1 Å². The Balaban J connectivity index is 2.78. The number of hydrogen-bond donors (Lipinski definition) is 0. The van der Waals surface area contributed by atoms with Crippen molar-refractivity contribution in [1.29, 1.82) is 10.5 Å². The molecule has 0 atom stereocenters. The van der Waals surface area contributed by atoms with Crippen LogP contribution in [0.15, 0.2) is 12.3 Å². The predicted octanol–water partition coefficient (Wildman–Crippen LogP) is 2.24. The lowest BCUT2D eigenvalue weighted by molar-refractivity contribution is 0.334. The Bertz CT molecular complexity index is 431. The number of rotatable bonds is 4. The minimum atomic E-state index is 0.173. The van der Waals surface area contributed by atoms with Crippen LogP contribution in [0.2, 0.25) is 10.2 Å². The molecule has 0 bridgehead atoms. The first-order chi connectivity index (χ1) is 7.67. The van der Waals surface area contributed by atoms with Crippen LogP contribution < -0.4 is 0 Å². The molecule has 0 saturated carbocycles. The summed E-state index contributed by atoms with van der Waals surface area (Å²) >= 11 is 11.6. The quantitative estimate of drug-likeness (QED) is 0.611. The van der Waals surface area contributed by atoms with Crippen molar-refractivity contribution < 1.29 is 0 Å². The van der Waals surface area contributed by atoms with Crippen LogP contribution >= 0.6 is 23.2 Å². The lowest BCUT2D eigenvalue weighted by Crippen LogP contribution is -2.24. The fraction of sp³-hybridized carbons (Fsp3) is 0.300. The molecule has 1 heterocycles. The maximum Gasteiger partial charge on any atom is 0.130 e. The molecule has 0 aliphatic heterocycles. The van der Waals surface area contributed by atoms with Gasteiger partial charge in [-0.15, -0.1) is 0 Å². The first-order valence-corrected chi connectivity index (χ1v) is 5.19. The molecular weight excluding hydrogens is 247 g/mol. The third-order valence-corrected chi connectivity index (χ3v) is 2.44. The summed E-state index contributed by atoms with van der Waals surface area (Å²) in [5, 5.41) is 18.0. The SMILES string of the molecule is N#CCN(CC#N)Cc1cnc(Cl)cc1Cl. The minimum Gasteiger partial charge on any atom is -0.273 e. The molecule has 0 N–H and O–H groups in total. The zero-order valence-corrected chi connectivity index (χ0v) is 9.83. The number of aromatic nitrogens is 1. The van der Waals surface area contributed by atoms with E-state index in [0.717, 1.165) is 5.56 Å². The zero-order chi connectivity index (χ0) is 12.0. The summed E-state index contributed by atoms with van der Waals surface area (Å²) in [4.78, 5) is 5.57. The molecule has 16 heavy (non-hydrogen) atoms. The fourth-order valence-electron chi connectivity index (χ4n) is 1.16. The van der Waals surface area contributed by atoms with Crippen molar-refractivity contribution >= 4 is 23.2 Å². The highest BCUT2D eigenvalue weighted by Gasteiger charge is 2.08. The summed E-state index contributed by atoms with van der Waals surface area (Å²) < 4.78 is 0. The number of hydrogen-bond acceptors (Lipinski definition) is 4. The monoisotopic (exact) mass is 254 g/mol. The van der Waals surface area contributed by atoms with Crippen LogP contribution in [-0.2, 0) is 6.54 Å². The predicted molar refractivity (Wildman–Crippen MR) is 60.8 cm³/mol. The van der Waals surface area contributed by atoms with Crippen molar-refractivity contribution in [3.05, 3.63) is 28.0 Å². The highest BCUT2D eigenvalue weighted by atomic mass is 35.5. The summed E-state index contributed by atoms with van der Waals surface area (Å²) in [6, 6.07) is 5.51. The van der Waals surface area contributed by atoms with Gasteiger partial charge in [0.2, 0.25) is 0 Å². The molecule has 1 aromatic heterocycles. The molecule has 1 aromatic rings. The van der Waals surface area contributed by atoms with E-state index in [0.29, 0.717) is 16.7 Å². The molecule has 1 rings (SSSR count). The molecule has 6 heteroatoms. The Labute approximate surface area is 104 Å². The van der Waals surface area contributed by atoms with Gasteiger partial charge >= 0.3 is 0 Å². The molecule has 0 aliphatic rings. The average Bonchev–Trinajstić information content (AvgIpc) is 2.23. The maximum atomic E-state index is 8.58. The summed E-state index contributed by atoms with van der Waals surface area (Å²) in [6.07, 6.45) is 1.55. The van der Waals surface area contributed by atoms with Crippen LogP contribution in [0, 0.1) is 22.7 Å². The molecule has 0 amide bonds. The van der Waals surface area contributed by atoms with Crippen molar-refractivity contribution in [3.63, 3.8) is 0 Å². The van der Waals surface area contributed by atoms with Crippen LogP contribution in [0.4, 0.5) is 0 Å². The summed E-state index contributed by atoms with van der Waals surface area (Å²) in [5.41, 5.74) is 0.747. The van der Waals surface area contributed by atoms with Gasteiger partial charge in [-0.05, 0) is 6.07 Å². The molecular formula is C10H8Cl2N4. The number of nitrogens with zero attached hydrogens (tertiary/aromatic N) is 4. The fourth-order valence-corrected chi connectivity index (χ4v) is 1.59. The van der Waals surface area contributed by atoms with E-state index in [4.69, 9.17) is 33.7 Å². The minimum absolute atomic E-state index is 0.173. The van der Waals surface area contributed by atoms with Crippen LogP contribution in [-0.4, -0.2) is 23.0 Å². The van der Waals surface area contributed by atoms with E-state index >= 15 is 0 Å². The van der Waals surface area contributed by atoms with Crippen LogP contribution in [0.25, 0.3) is 0 Å². The van der Waals surface area contributed by atoms with Gasteiger partial charge in [-0.25, -0.2) is 4.98 Å². The Morgan fingerprint density at radius 2 is 1.88 bits per heavy atom. The third kappa shape index (κ3) is 3.67. The zero-order valence-electron chi connectivity index (χ0n) is 8.32. The Morgan fingerprint density at radius 1 is 1.25 bits per heavy atom. The van der Waals surface area contributed by atoms with E-state index in [1.54, 1.807) is 11.1 Å². The second kappa shape index (κ2) is 6.30. The average molecular weight is 255 g/mol. The molecule has 0 spiro atoms. The van der Waals surface area contributed by atoms with Crippen molar-refractivity contribution in [2.24, 2.45) is 0 Å². The molecule has 0 unspecified atom stereocenters. The molecule has 0 aliphatic carbocycles. The molecule has 0 saturated heterocycles. The van der Waals surface area contributed by atoms with Gasteiger partial charge in [-0.1, -0.05) is 23.2 Å². The first-order valence-electron chi connectivity index (χ1n) is 4.43. The second-order valence-electron chi connectivity index (χ2n) is 3.06. The van der Waals surface area contributed by atoms with Gasteiger partial charge in [0.1, 0.15) is 5.15 Å². The summed E-state index contributed by atoms with van der Waals surface area (Å²) in [5.74, 6) is 0. The van der Waals surface area contributed by atoms with Gasteiger partial charge in [0.25, 0.3) is 0 Å². The Kier molecular flexibility index (Phi) is 5.01. The normalized spacial score (nSPS) is 9.81. The molecule has 0 aromatic carbocycles. The Morgan fingerprint density at radius 3 is 2.38 bits per heavy atom. The maximum absolute atomic E-state index is 8.58. The Hall–Kier alpha value is -1.33. The standard InChI is InChI=1S/C10H8Cl2N4/c11-9-5-10(12)15-6-8(9)7-16(3-1-13)4-2-14/h5-6H,3-4,7H2. The van der Waals surface area contributed by atoms with E-state index in [-0.39, 0.29) is 13.1 Å². The van der Waals surface area contributed by atoms with Crippen LogP contribution in [0.1, 0.15) is 5.56 Å². The highest BCUT2D eigenvalue weighted by molar-refractivity contribution is 6.34. The van der Waals surface area contributed by atoms with E-state index in [1.165, 1.54) is 6.07 Å². The lowest BCUT2D eigenvalue weighted by atomic mass is 10.2.